The fourth-order valence-corrected chi connectivity index (χ4v) is 10.5. The average molecular weight is 958 g/mol. The SMILES string of the molecule is CO[C@H]1C[C@@H]2CC[C@@H](C)[C@@](O)(O2)C(=O)C(=O)N2CCCC[C@H]2C(=O)O[C@H]([C@@H](C)C[C@@H]2CC[C@@H](OCCO)[C@H](OC)C2)CC(=O)[C@H](C)/C=C(\C)[C@H](O)[C@H](OC)C(=O)[C@@H](C)C[C@H](C)/C=C/C=CC=C1C. The van der Waals surface area contributed by atoms with Gasteiger partial charge in [0.1, 0.15) is 30.1 Å². The van der Waals surface area contributed by atoms with Gasteiger partial charge in [-0.1, -0.05) is 71.1 Å². The normalized spacial score (nSPS) is 37.9. The third kappa shape index (κ3) is 15.3. The number of methoxy groups -OCH3 is 3. The van der Waals surface area contributed by atoms with Gasteiger partial charge in [0.05, 0.1) is 37.6 Å². The number of rotatable bonds is 9. The summed E-state index contributed by atoms with van der Waals surface area (Å²) in [7, 11) is 4.58. The first-order valence-electron chi connectivity index (χ1n) is 25.0. The van der Waals surface area contributed by atoms with Crippen molar-refractivity contribution in [3.63, 3.8) is 0 Å². The first-order valence-corrected chi connectivity index (χ1v) is 25.0. The lowest BCUT2D eigenvalue weighted by molar-refractivity contribution is -0.265. The van der Waals surface area contributed by atoms with Crippen molar-refractivity contribution in [3.8, 4) is 0 Å². The second-order valence-electron chi connectivity index (χ2n) is 20.2. The second kappa shape index (κ2) is 27.3. The summed E-state index contributed by atoms with van der Waals surface area (Å²) >= 11 is 0. The van der Waals surface area contributed by atoms with Crippen LogP contribution >= 0.6 is 0 Å². The first-order chi connectivity index (χ1) is 32.3. The van der Waals surface area contributed by atoms with Gasteiger partial charge in [-0.3, -0.25) is 19.2 Å². The predicted molar refractivity (Wildman–Crippen MR) is 256 cm³/mol. The van der Waals surface area contributed by atoms with Crippen LogP contribution in [0.25, 0.3) is 0 Å². The summed E-state index contributed by atoms with van der Waals surface area (Å²) < 4.78 is 35.6. The molecule has 68 heavy (non-hydrogen) atoms. The van der Waals surface area contributed by atoms with Crippen molar-refractivity contribution in [2.45, 2.75) is 180 Å². The van der Waals surface area contributed by atoms with Crippen LogP contribution in [0.2, 0.25) is 0 Å². The molecular formula is C53H83NO14. The van der Waals surface area contributed by atoms with Crippen LogP contribution in [-0.4, -0.2) is 145 Å². The summed E-state index contributed by atoms with van der Waals surface area (Å²) in [5.41, 5.74) is 1.26. The number of cyclic esters (lactones) is 1. The van der Waals surface area contributed by atoms with Crippen molar-refractivity contribution in [1.29, 1.82) is 0 Å². The van der Waals surface area contributed by atoms with E-state index in [-0.39, 0.29) is 74.1 Å². The lowest BCUT2D eigenvalue weighted by atomic mass is 9.78. The molecule has 2 saturated heterocycles. The van der Waals surface area contributed by atoms with Gasteiger partial charge in [0.15, 0.2) is 5.78 Å². The van der Waals surface area contributed by atoms with E-state index in [9.17, 15) is 39.3 Å². The topological polar surface area (TPSA) is 205 Å². The molecule has 384 valence electrons. The number of hydrogen-bond donors (Lipinski definition) is 3. The number of nitrogens with zero attached hydrogens (tertiary/aromatic N) is 1. The molecule has 0 unspecified atom stereocenters. The molecule has 0 aromatic heterocycles. The Morgan fingerprint density at radius 3 is 2.26 bits per heavy atom. The van der Waals surface area contributed by atoms with Crippen LogP contribution in [0.4, 0.5) is 0 Å². The zero-order valence-electron chi connectivity index (χ0n) is 42.4. The Bertz CT molecular complexity index is 1810. The number of Topliss-reactive ketones (excluding diaryl/α,β-unsaturated/α-hetero) is 3. The summed E-state index contributed by atoms with van der Waals surface area (Å²) in [5, 5.41) is 32.8. The van der Waals surface area contributed by atoms with Gasteiger partial charge in [-0.2, -0.15) is 0 Å². The lowest BCUT2D eigenvalue weighted by Gasteiger charge is -2.42. The Labute approximate surface area is 405 Å². The van der Waals surface area contributed by atoms with E-state index in [4.69, 9.17) is 28.4 Å². The van der Waals surface area contributed by atoms with E-state index in [1.165, 1.54) is 12.0 Å². The molecule has 3 heterocycles. The highest BCUT2D eigenvalue weighted by Gasteiger charge is 2.53. The van der Waals surface area contributed by atoms with Crippen molar-refractivity contribution >= 4 is 29.2 Å². The number of ether oxygens (including phenoxy) is 6. The monoisotopic (exact) mass is 958 g/mol. The second-order valence-corrected chi connectivity index (χ2v) is 20.2. The molecule has 0 radical (unpaired) electrons. The maximum absolute atomic E-state index is 14.5. The number of esters is 1. The van der Waals surface area contributed by atoms with Crippen LogP contribution < -0.4 is 0 Å². The maximum Gasteiger partial charge on any atom is 0.329 e. The highest BCUT2D eigenvalue weighted by Crippen LogP contribution is 2.38. The number of aliphatic hydroxyl groups is 3. The molecule has 4 aliphatic rings. The number of carbonyl (C=O) groups is 5. The van der Waals surface area contributed by atoms with Crippen molar-refractivity contribution < 1.29 is 67.7 Å². The molecule has 15 heteroatoms. The zero-order chi connectivity index (χ0) is 50.3. The Morgan fingerprint density at radius 2 is 1.59 bits per heavy atom. The summed E-state index contributed by atoms with van der Waals surface area (Å²) in [4.78, 5) is 72.1. The maximum atomic E-state index is 14.5. The minimum Gasteiger partial charge on any atom is -0.460 e. The summed E-state index contributed by atoms with van der Waals surface area (Å²) in [5.74, 6) is -7.96. The molecule has 1 saturated carbocycles. The number of fused-ring (bicyclic) bond motifs is 3. The molecule has 2 bridgehead atoms. The van der Waals surface area contributed by atoms with Crippen LogP contribution in [0.5, 0.6) is 0 Å². The molecule has 0 spiro atoms. The number of carbonyl (C=O) groups excluding carboxylic acids is 5. The fourth-order valence-electron chi connectivity index (χ4n) is 10.5. The van der Waals surface area contributed by atoms with Crippen molar-refractivity contribution in [2.75, 3.05) is 41.1 Å². The molecule has 1 aliphatic carbocycles. The Hall–Kier alpha value is -3.41. The van der Waals surface area contributed by atoms with E-state index in [1.807, 2.05) is 58.1 Å². The van der Waals surface area contributed by atoms with Gasteiger partial charge in [0, 0.05) is 58.5 Å². The van der Waals surface area contributed by atoms with Crippen LogP contribution in [-0.2, 0) is 52.4 Å². The van der Waals surface area contributed by atoms with E-state index in [0.717, 1.165) is 12.0 Å². The Balaban J connectivity index is 1.70. The average Bonchev–Trinajstić information content (AvgIpc) is 3.32. The highest BCUT2D eigenvalue weighted by atomic mass is 16.6. The van der Waals surface area contributed by atoms with Gasteiger partial charge in [0.2, 0.25) is 5.79 Å². The van der Waals surface area contributed by atoms with Crippen LogP contribution in [0, 0.1) is 35.5 Å². The van der Waals surface area contributed by atoms with E-state index < -0.39 is 77.8 Å². The molecule has 0 aromatic carbocycles. The molecular weight excluding hydrogens is 875 g/mol. The van der Waals surface area contributed by atoms with Crippen molar-refractivity contribution in [3.05, 3.63) is 47.6 Å². The molecule has 3 aliphatic heterocycles. The summed E-state index contributed by atoms with van der Waals surface area (Å²) in [6.07, 6.45) is 12.0. The molecule has 15 atom stereocenters. The van der Waals surface area contributed by atoms with Crippen LogP contribution in [0.1, 0.15) is 126 Å². The molecule has 15 nitrogen and oxygen atoms in total. The van der Waals surface area contributed by atoms with E-state index in [1.54, 1.807) is 41.1 Å². The van der Waals surface area contributed by atoms with Crippen LogP contribution in [0.15, 0.2) is 47.6 Å². The standard InChI is InChI=1S/C53H83NO14/c1-32-16-12-11-13-17-33(2)44(63-8)30-40-21-19-38(7)53(62,68-40)50(59)51(60)54-23-15-14-18-41(54)52(61)67-45(35(4)28-39-20-22-43(66-25-24-55)46(29-39)64-9)31-42(56)34(3)27-37(6)48(58)49(65-10)47(57)36(5)26-32/h11-13,16-17,27,32,34-36,38-41,43-46,48-49,55,58,62H,14-15,18-26,28-31H2,1-10H3/b13-11?,16-12+,33-17?,37-27+/t32-,34-,35+,36+,38-,39+,40+,41+,43-,44+,45+,46-,48+,49-,53-/m1/s1. The van der Waals surface area contributed by atoms with Crippen molar-refractivity contribution in [1.82, 2.24) is 4.90 Å². The van der Waals surface area contributed by atoms with Gasteiger partial charge in [-0.25, -0.2) is 4.79 Å². The lowest BCUT2D eigenvalue weighted by Crippen LogP contribution is -2.61. The largest absolute Gasteiger partial charge is 0.460 e. The first kappa shape index (κ1) is 57.2. The number of piperidine rings is 1. The van der Waals surface area contributed by atoms with Gasteiger partial charge < -0.3 is 48.6 Å². The van der Waals surface area contributed by atoms with Gasteiger partial charge in [0.25, 0.3) is 11.7 Å². The van der Waals surface area contributed by atoms with Crippen LogP contribution in [0.3, 0.4) is 0 Å². The van der Waals surface area contributed by atoms with Gasteiger partial charge >= 0.3 is 5.97 Å². The molecule has 0 aromatic rings. The van der Waals surface area contributed by atoms with Crippen molar-refractivity contribution in [2.24, 2.45) is 35.5 Å². The summed E-state index contributed by atoms with van der Waals surface area (Å²) in [6, 6.07) is -1.14. The number of ketones is 3. The number of amides is 1. The molecule has 4 rings (SSSR count). The minimum atomic E-state index is -2.43. The van der Waals surface area contributed by atoms with E-state index in [2.05, 4.69) is 0 Å². The predicted octanol–water partition coefficient (Wildman–Crippen LogP) is 6.20. The molecule has 3 N–H and O–H groups in total. The van der Waals surface area contributed by atoms with E-state index in [0.29, 0.717) is 63.4 Å². The zero-order valence-corrected chi connectivity index (χ0v) is 42.4. The quantitative estimate of drug-likeness (QED) is 0.134. The Kier molecular flexibility index (Phi) is 22.9. The smallest absolute Gasteiger partial charge is 0.329 e. The molecule has 1 amide bonds. The Morgan fingerprint density at radius 1 is 0.853 bits per heavy atom. The number of aliphatic hydroxyl groups excluding tert-OH is 2. The highest BCUT2D eigenvalue weighted by molar-refractivity contribution is 6.39. The molecule has 3 fully saturated rings. The number of allylic oxidation sites excluding steroid dienone is 6. The third-order valence-corrected chi connectivity index (χ3v) is 14.9. The third-order valence-electron chi connectivity index (χ3n) is 14.9. The fraction of sp³-hybridized carbons (Fsp3) is 0.755. The summed E-state index contributed by atoms with van der Waals surface area (Å²) in [6.45, 7) is 12.9. The number of hydrogen-bond acceptors (Lipinski definition) is 14. The van der Waals surface area contributed by atoms with E-state index >= 15 is 0 Å². The van der Waals surface area contributed by atoms with Gasteiger partial charge in [-0.15, -0.1) is 0 Å². The minimum absolute atomic E-state index is 0.0158. The van der Waals surface area contributed by atoms with Gasteiger partial charge in [-0.05, 0) is 107 Å².